The number of thiazole rings is 1. The van der Waals surface area contributed by atoms with E-state index in [1.807, 2.05) is 0 Å². The van der Waals surface area contributed by atoms with Crippen LogP contribution in [0.15, 0.2) is 41.2 Å². The quantitative estimate of drug-likeness (QED) is 0.478. The average molecular weight is 431 g/mol. The Labute approximate surface area is 172 Å². The molecular weight excluding hydrogens is 417 g/mol. The molecule has 0 saturated carbocycles. The van der Waals surface area contributed by atoms with Crippen LogP contribution >= 0.6 is 23.6 Å². The molecule has 1 amide bonds. The van der Waals surface area contributed by atoms with Gasteiger partial charge in [-0.25, -0.2) is 4.39 Å². The number of nitrogens with zero attached hydrogens (tertiary/aromatic N) is 1. The van der Waals surface area contributed by atoms with Crippen LogP contribution in [0.3, 0.4) is 0 Å². The smallest absolute Gasteiger partial charge is 0.269 e. The molecule has 0 aliphatic rings. The van der Waals surface area contributed by atoms with Gasteiger partial charge in [0.25, 0.3) is 11.5 Å². The van der Waals surface area contributed by atoms with Crippen LogP contribution < -0.4 is 20.3 Å². The number of fused-ring (bicyclic) bond motifs is 3. The van der Waals surface area contributed by atoms with Crippen LogP contribution in [0.5, 0.6) is 11.5 Å². The largest absolute Gasteiger partial charge is 0.497 e. The first-order valence-electron chi connectivity index (χ1n) is 8.33. The first-order valence-corrected chi connectivity index (χ1v) is 9.56. The molecule has 0 spiro atoms. The molecule has 4 aromatic rings. The van der Waals surface area contributed by atoms with Crippen LogP contribution in [0.2, 0.25) is 0 Å². The first kappa shape index (κ1) is 19.1. The van der Waals surface area contributed by atoms with Gasteiger partial charge >= 0.3 is 0 Å². The molecule has 0 bridgehead atoms. The van der Waals surface area contributed by atoms with Crippen LogP contribution in [0.25, 0.3) is 16.6 Å². The number of amides is 1. The number of ether oxygens (including phenoxy) is 2. The number of benzene rings is 2. The predicted molar refractivity (Wildman–Crippen MR) is 112 cm³/mol. The molecule has 0 fully saturated rings. The van der Waals surface area contributed by atoms with Crippen LogP contribution in [-0.2, 0) is 0 Å². The number of rotatable bonds is 4. The normalized spacial score (nSPS) is 11.0. The van der Waals surface area contributed by atoms with Gasteiger partial charge in [-0.2, -0.15) is 0 Å². The lowest BCUT2D eigenvalue weighted by Crippen LogP contribution is -2.15. The second-order valence-corrected chi connectivity index (χ2v) is 7.66. The van der Waals surface area contributed by atoms with E-state index in [2.05, 4.69) is 10.3 Å². The van der Waals surface area contributed by atoms with Gasteiger partial charge in [0.05, 0.1) is 30.8 Å². The monoisotopic (exact) mass is 431 g/mol. The third kappa shape index (κ3) is 3.26. The summed E-state index contributed by atoms with van der Waals surface area (Å²) in [4.78, 5) is 28.3. The maximum absolute atomic E-state index is 13.8. The SMILES string of the molecule is COc1ccc(OC)c(NC(=O)c2sc(=S)n3c2[nH]c(=O)c2ccc(F)cc23)c1. The van der Waals surface area contributed by atoms with Crippen LogP contribution in [0, 0.1) is 9.77 Å². The summed E-state index contributed by atoms with van der Waals surface area (Å²) in [6.07, 6.45) is 0. The van der Waals surface area contributed by atoms with Gasteiger partial charge in [0.15, 0.2) is 3.95 Å². The van der Waals surface area contributed by atoms with E-state index < -0.39 is 17.3 Å². The molecular formula is C19H14FN3O4S2. The number of aromatic amines is 1. The molecule has 0 radical (unpaired) electrons. The highest BCUT2D eigenvalue weighted by atomic mass is 32.1. The Kier molecular flexibility index (Phi) is 4.81. The molecule has 2 N–H and O–H groups in total. The average Bonchev–Trinajstić information content (AvgIpc) is 3.04. The second kappa shape index (κ2) is 7.30. The molecule has 2 aromatic carbocycles. The van der Waals surface area contributed by atoms with Crippen molar-refractivity contribution in [3.8, 4) is 11.5 Å². The van der Waals surface area contributed by atoms with Gasteiger partial charge in [-0.15, -0.1) is 0 Å². The fourth-order valence-corrected chi connectivity index (χ4v) is 4.28. The van der Waals surface area contributed by atoms with Crippen molar-refractivity contribution >= 4 is 51.7 Å². The Morgan fingerprint density at radius 3 is 2.72 bits per heavy atom. The number of anilines is 1. The van der Waals surface area contributed by atoms with Gasteiger partial charge in [0.2, 0.25) is 0 Å². The van der Waals surface area contributed by atoms with Crippen molar-refractivity contribution < 1.29 is 18.7 Å². The molecule has 29 heavy (non-hydrogen) atoms. The third-order valence-corrected chi connectivity index (χ3v) is 5.72. The van der Waals surface area contributed by atoms with Gasteiger partial charge in [-0.05, 0) is 42.5 Å². The van der Waals surface area contributed by atoms with Crippen LogP contribution in [0.1, 0.15) is 9.67 Å². The van der Waals surface area contributed by atoms with Crippen molar-refractivity contribution in [2.45, 2.75) is 0 Å². The van der Waals surface area contributed by atoms with E-state index >= 15 is 0 Å². The Bertz CT molecular complexity index is 1390. The zero-order valence-electron chi connectivity index (χ0n) is 15.2. The lowest BCUT2D eigenvalue weighted by molar-refractivity contribution is 0.103. The summed E-state index contributed by atoms with van der Waals surface area (Å²) in [7, 11) is 2.99. The summed E-state index contributed by atoms with van der Waals surface area (Å²) in [5.41, 5.74) is 0.440. The number of aromatic nitrogens is 2. The molecule has 10 heteroatoms. The molecule has 2 heterocycles. The van der Waals surface area contributed by atoms with Crippen molar-refractivity contribution in [3.63, 3.8) is 0 Å². The topological polar surface area (TPSA) is 84.8 Å². The lowest BCUT2D eigenvalue weighted by atomic mass is 10.2. The van der Waals surface area contributed by atoms with E-state index in [9.17, 15) is 14.0 Å². The van der Waals surface area contributed by atoms with Crippen molar-refractivity contribution in [1.29, 1.82) is 0 Å². The molecule has 0 saturated heterocycles. The highest BCUT2D eigenvalue weighted by Crippen LogP contribution is 2.30. The Balaban J connectivity index is 1.87. The van der Waals surface area contributed by atoms with Crippen molar-refractivity contribution in [3.05, 3.63) is 61.4 Å². The first-order chi connectivity index (χ1) is 13.9. The minimum absolute atomic E-state index is 0.183. The Morgan fingerprint density at radius 2 is 2.00 bits per heavy atom. The molecule has 148 valence electrons. The predicted octanol–water partition coefficient (Wildman–Crippen LogP) is 3.98. The number of hydrogen-bond donors (Lipinski definition) is 2. The zero-order chi connectivity index (χ0) is 20.7. The van der Waals surface area contributed by atoms with E-state index in [4.69, 9.17) is 21.7 Å². The molecule has 4 rings (SSSR count). The summed E-state index contributed by atoms with van der Waals surface area (Å²) in [5.74, 6) is -0.0382. The van der Waals surface area contributed by atoms with Crippen LogP contribution in [0.4, 0.5) is 10.1 Å². The third-order valence-electron chi connectivity index (χ3n) is 4.35. The molecule has 7 nitrogen and oxygen atoms in total. The summed E-state index contributed by atoms with van der Waals surface area (Å²) in [6, 6.07) is 8.76. The summed E-state index contributed by atoms with van der Waals surface area (Å²) in [5, 5.41) is 3.02. The molecule has 0 aliphatic carbocycles. The van der Waals surface area contributed by atoms with Crippen molar-refractivity contribution in [2.75, 3.05) is 19.5 Å². The van der Waals surface area contributed by atoms with Crippen molar-refractivity contribution in [1.82, 2.24) is 9.38 Å². The fraction of sp³-hybridized carbons (Fsp3) is 0.105. The standard InChI is InChI=1S/C19H14FN3O4S2/c1-26-10-4-6-14(27-2)12(8-10)21-18(25)15-16-22-17(24)11-5-3-9(20)7-13(11)23(16)19(28)29-15/h3-8H,1-2H3,(H,21,25)(H,22,24). The van der Waals surface area contributed by atoms with Crippen molar-refractivity contribution in [2.24, 2.45) is 0 Å². The summed E-state index contributed by atoms with van der Waals surface area (Å²) in [6.45, 7) is 0. The van der Waals surface area contributed by atoms with E-state index in [-0.39, 0.29) is 15.9 Å². The van der Waals surface area contributed by atoms with Gasteiger partial charge in [0.1, 0.15) is 27.8 Å². The molecule has 2 aromatic heterocycles. The van der Waals surface area contributed by atoms with E-state index in [1.165, 1.54) is 36.8 Å². The zero-order valence-corrected chi connectivity index (χ0v) is 16.9. The van der Waals surface area contributed by atoms with E-state index in [0.717, 1.165) is 11.3 Å². The Hall–Kier alpha value is -3.24. The second-order valence-electron chi connectivity index (χ2n) is 6.02. The molecule has 0 atom stereocenters. The van der Waals surface area contributed by atoms with Gasteiger partial charge in [-0.3, -0.25) is 14.0 Å². The fourth-order valence-electron chi connectivity index (χ4n) is 3.01. The highest BCUT2D eigenvalue weighted by molar-refractivity contribution is 7.73. The van der Waals surface area contributed by atoms with E-state index in [1.54, 1.807) is 18.2 Å². The Morgan fingerprint density at radius 1 is 1.21 bits per heavy atom. The van der Waals surface area contributed by atoms with E-state index in [0.29, 0.717) is 26.7 Å². The van der Waals surface area contributed by atoms with Gasteiger partial charge in [0, 0.05) is 6.07 Å². The number of hydrogen-bond acceptors (Lipinski definition) is 6. The summed E-state index contributed by atoms with van der Waals surface area (Å²) < 4.78 is 26.0. The number of methoxy groups -OCH3 is 2. The minimum Gasteiger partial charge on any atom is -0.497 e. The lowest BCUT2D eigenvalue weighted by Gasteiger charge is -2.11. The van der Waals surface area contributed by atoms with Gasteiger partial charge < -0.3 is 19.8 Å². The molecule has 0 aliphatic heterocycles. The number of carbonyl (C=O) groups excluding carboxylic acids is 1. The minimum atomic E-state index is -0.510. The highest BCUT2D eigenvalue weighted by Gasteiger charge is 2.20. The number of H-pyrrole nitrogens is 1. The number of nitrogens with one attached hydrogen (secondary N) is 2. The van der Waals surface area contributed by atoms with Gasteiger partial charge in [-0.1, -0.05) is 11.3 Å². The number of carbonyl (C=O) groups is 1. The maximum Gasteiger partial charge on any atom is 0.269 e. The summed E-state index contributed by atoms with van der Waals surface area (Å²) >= 11 is 6.38. The number of halogens is 1. The maximum atomic E-state index is 13.8. The molecule has 0 unspecified atom stereocenters. The van der Waals surface area contributed by atoms with Crippen LogP contribution in [-0.4, -0.2) is 29.5 Å².